The molecule has 186 valence electrons. The molecular weight excluding hydrogens is 466 g/mol. The van der Waals surface area contributed by atoms with E-state index in [0.29, 0.717) is 5.82 Å². The normalized spacial score (nSPS) is 19.9. The fraction of sp³-hybridized carbons (Fsp3) is 0.400. The van der Waals surface area contributed by atoms with Gasteiger partial charge in [0, 0.05) is 47.1 Å². The van der Waals surface area contributed by atoms with E-state index in [4.69, 9.17) is 4.74 Å². The molecule has 9 nitrogen and oxygen atoms in total. The lowest BCUT2D eigenvalue weighted by Gasteiger charge is -2.38. The molecule has 0 saturated carbocycles. The van der Waals surface area contributed by atoms with E-state index >= 15 is 0 Å². The van der Waals surface area contributed by atoms with Crippen LogP contribution in [0.5, 0.6) is 0 Å². The van der Waals surface area contributed by atoms with Gasteiger partial charge in [0.15, 0.2) is 0 Å². The summed E-state index contributed by atoms with van der Waals surface area (Å²) in [6.07, 6.45) is 7.97. The van der Waals surface area contributed by atoms with Crippen molar-refractivity contribution in [1.82, 2.24) is 19.0 Å². The number of pyridine rings is 2. The summed E-state index contributed by atoms with van der Waals surface area (Å²) in [7, 11) is -2.61. The number of carbonyl (C=O) groups is 1. The number of hydrogen-bond acceptors (Lipinski definition) is 7. The van der Waals surface area contributed by atoms with E-state index in [0.717, 1.165) is 41.3 Å². The number of methoxy groups -OCH3 is 1. The number of piperidine rings is 1. The van der Waals surface area contributed by atoms with Crippen LogP contribution in [0.25, 0.3) is 10.8 Å². The van der Waals surface area contributed by atoms with Crippen LogP contribution in [0.15, 0.2) is 55.0 Å². The summed E-state index contributed by atoms with van der Waals surface area (Å²) in [6.45, 7) is 3.80. The summed E-state index contributed by atoms with van der Waals surface area (Å²) in [5.74, 6) is 0.0873. The first-order valence-electron chi connectivity index (χ1n) is 11.7. The highest BCUT2D eigenvalue weighted by atomic mass is 32.2. The Kier molecular flexibility index (Phi) is 7.63. The molecule has 10 heteroatoms. The molecule has 3 heterocycles. The molecule has 0 bridgehead atoms. The zero-order valence-corrected chi connectivity index (χ0v) is 21.0. The van der Waals surface area contributed by atoms with Crippen molar-refractivity contribution in [2.75, 3.05) is 12.4 Å². The van der Waals surface area contributed by atoms with Crippen LogP contribution >= 0.6 is 0 Å². The molecular formula is C25H31N5O4S. The Morgan fingerprint density at radius 1 is 1.11 bits per heavy atom. The number of esters is 1. The van der Waals surface area contributed by atoms with Crippen molar-refractivity contribution in [3.63, 3.8) is 0 Å². The Labute approximate surface area is 206 Å². The zero-order valence-electron chi connectivity index (χ0n) is 20.1. The van der Waals surface area contributed by atoms with Crippen molar-refractivity contribution >= 4 is 38.5 Å². The summed E-state index contributed by atoms with van der Waals surface area (Å²) >= 11 is 0. The summed E-state index contributed by atoms with van der Waals surface area (Å²) in [5, 5.41) is 5.23. The molecule has 1 aliphatic heterocycles. The maximum atomic E-state index is 13.2. The molecule has 2 N–H and O–H groups in total. The molecule has 2 aromatic heterocycles. The largest absolute Gasteiger partial charge is 0.468 e. The van der Waals surface area contributed by atoms with E-state index in [2.05, 4.69) is 20.0 Å². The van der Waals surface area contributed by atoms with Crippen LogP contribution in [0.3, 0.4) is 0 Å². The van der Waals surface area contributed by atoms with E-state index in [1.54, 1.807) is 18.6 Å². The van der Waals surface area contributed by atoms with E-state index in [1.165, 1.54) is 11.4 Å². The molecule has 4 rings (SSSR count). The van der Waals surface area contributed by atoms with Gasteiger partial charge >= 0.3 is 5.97 Å². The summed E-state index contributed by atoms with van der Waals surface area (Å²) < 4.78 is 35.3. The molecule has 2 unspecified atom stereocenters. The van der Waals surface area contributed by atoms with Gasteiger partial charge in [-0.2, -0.15) is 17.4 Å². The summed E-state index contributed by atoms with van der Waals surface area (Å²) in [4.78, 5) is 21.0. The highest BCUT2D eigenvalue weighted by molar-refractivity contribution is 7.87. The average molecular weight is 498 g/mol. The third kappa shape index (κ3) is 5.77. The molecule has 0 radical (unpaired) electrons. The summed E-state index contributed by atoms with van der Waals surface area (Å²) in [6, 6.07) is 9.96. The first-order valence-corrected chi connectivity index (χ1v) is 13.2. The second-order valence-corrected chi connectivity index (χ2v) is 10.5. The lowest BCUT2D eigenvalue weighted by molar-refractivity contribution is -0.142. The molecule has 3 atom stereocenters. The highest BCUT2D eigenvalue weighted by Crippen LogP contribution is 2.26. The van der Waals surface area contributed by atoms with Crippen molar-refractivity contribution < 1.29 is 17.9 Å². The van der Waals surface area contributed by atoms with E-state index in [1.807, 2.05) is 50.2 Å². The van der Waals surface area contributed by atoms with Crippen LogP contribution in [0.2, 0.25) is 0 Å². The first kappa shape index (κ1) is 25.0. The van der Waals surface area contributed by atoms with E-state index < -0.39 is 22.2 Å². The van der Waals surface area contributed by atoms with Crippen LogP contribution in [-0.2, 0) is 26.2 Å². The lowest BCUT2D eigenvalue weighted by atomic mass is 10.0. The number of carbonyl (C=O) groups excluding carboxylic acids is 1. The van der Waals surface area contributed by atoms with Crippen LogP contribution < -0.4 is 10.0 Å². The van der Waals surface area contributed by atoms with Gasteiger partial charge in [-0.1, -0.05) is 18.6 Å². The van der Waals surface area contributed by atoms with Gasteiger partial charge in [-0.25, -0.2) is 4.98 Å². The summed E-state index contributed by atoms with van der Waals surface area (Å²) in [5.41, 5.74) is 1.61. The molecule has 0 amide bonds. The second kappa shape index (κ2) is 10.7. The molecule has 1 aliphatic rings. The monoisotopic (exact) mass is 497 g/mol. The number of fused-ring (bicyclic) bond motifs is 1. The number of hydrogen-bond donors (Lipinski definition) is 2. The van der Waals surface area contributed by atoms with Crippen molar-refractivity contribution in [3.05, 3.63) is 60.6 Å². The predicted molar refractivity (Wildman–Crippen MR) is 135 cm³/mol. The first-order chi connectivity index (χ1) is 16.8. The van der Waals surface area contributed by atoms with E-state index in [-0.39, 0.29) is 18.5 Å². The standard InChI is InChI=1S/C25H31N5O4S/c1-17-5-4-6-18(2)30(17)35(32,33)29-23(25(31)34-3)15-19-7-9-21(10-8-19)28-24-22-12-13-26-16-20(22)11-14-27-24/h7-14,16-18,23,29H,4-6,15H2,1-3H3,(H,27,28)/t17?,18?,23-/m0/s1. The molecule has 35 heavy (non-hydrogen) atoms. The third-order valence-corrected chi connectivity index (χ3v) is 8.25. The second-order valence-electron chi connectivity index (χ2n) is 8.94. The van der Waals surface area contributed by atoms with Gasteiger partial charge < -0.3 is 10.1 Å². The number of nitrogens with one attached hydrogen (secondary N) is 2. The van der Waals surface area contributed by atoms with Crippen molar-refractivity contribution in [2.45, 2.75) is 57.7 Å². The van der Waals surface area contributed by atoms with Gasteiger partial charge in [0.05, 0.1) is 7.11 Å². The maximum absolute atomic E-state index is 13.2. The van der Waals surface area contributed by atoms with Gasteiger partial charge in [-0.3, -0.25) is 9.78 Å². The SMILES string of the molecule is COC(=O)[C@H](Cc1ccc(Nc2nccc3cnccc23)cc1)NS(=O)(=O)N1C(C)CCCC1C. The third-order valence-electron chi connectivity index (χ3n) is 6.39. The number of aromatic nitrogens is 2. The average Bonchev–Trinajstić information content (AvgIpc) is 2.84. The quantitative estimate of drug-likeness (QED) is 0.458. The highest BCUT2D eigenvalue weighted by Gasteiger charge is 2.37. The smallest absolute Gasteiger partial charge is 0.324 e. The number of benzene rings is 1. The number of nitrogens with zero attached hydrogens (tertiary/aromatic N) is 3. The Bertz CT molecular complexity index is 1270. The van der Waals surface area contributed by atoms with Crippen molar-refractivity contribution in [1.29, 1.82) is 0 Å². The molecule has 0 aliphatic carbocycles. The molecule has 1 fully saturated rings. The molecule has 3 aromatic rings. The fourth-order valence-corrected chi connectivity index (χ4v) is 6.46. The number of anilines is 2. The van der Waals surface area contributed by atoms with Gasteiger partial charge in [-0.05, 0) is 62.9 Å². The van der Waals surface area contributed by atoms with Crippen LogP contribution in [0.1, 0.15) is 38.7 Å². The van der Waals surface area contributed by atoms with Gasteiger partial charge in [0.1, 0.15) is 11.9 Å². The fourth-order valence-electron chi connectivity index (χ4n) is 4.64. The Morgan fingerprint density at radius 2 is 1.83 bits per heavy atom. The Morgan fingerprint density at radius 3 is 2.51 bits per heavy atom. The lowest BCUT2D eigenvalue weighted by Crippen LogP contribution is -2.56. The van der Waals surface area contributed by atoms with Gasteiger partial charge in [-0.15, -0.1) is 0 Å². The maximum Gasteiger partial charge on any atom is 0.324 e. The molecule has 0 spiro atoms. The molecule has 1 saturated heterocycles. The topological polar surface area (TPSA) is 114 Å². The number of rotatable bonds is 8. The Hall–Kier alpha value is -3.08. The minimum absolute atomic E-state index is 0.127. The van der Waals surface area contributed by atoms with Gasteiger partial charge in [0.25, 0.3) is 10.2 Å². The zero-order chi connectivity index (χ0) is 25.0. The van der Waals surface area contributed by atoms with Crippen LogP contribution in [0, 0.1) is 0 Å². The van der Waals surface area contributed by atoms with Gasteiger partial charge in [0.2, 0.25) is 0 Å². The minimum atomic E-state index is -3.87. The van der Waals surface area contributed by atoms with Crippen molar-refractivity contribution in [2.24, 2.45) is 0 Å². The minimum Gasteiger partial charge on any atom is -0.468 e. The molecule has 1 aromatic carbocycles. The van der Waals surface area contributed by atoms with Crippen molar-refractivity contribution in [3.8, 4) is 0 Å². The Balaban J connectivity index is 1.49. The van der Waals surface area contributed by atoms with Crippen LogP contribution in [-0.4, -0.2) is 53.9 Å². The van der Waals surface area contributed by atoms with Crippen LogP contribution in [0.4, 0.5) is 11.5 Å². The van der Waals surface area contributed by atoms with E-state index in [9.17, 15) is 13.2 Å². The predicted octanol–water partition coefficient (Wildman–Crippen LogP) is 3.55. The number of ether oxygens (including phenoxy) is 1.